The molecule has 2 N–H and O–H groups in total. The van der Waals surface area contributed by atoms with Crippen LogP contribution in [0.4, 0.5) is 11.5 Å². The summed E-state index contributed by atoms with van der Waals surface area (Å²) in [6.45, 7) is 0.578. The minimum Gasteiger partial charge on any atom is -0.382 e. The van der Waals surface area contributed by atoms with Crippen LogP contribution in [-0.4, -0.2) is 46.6 Å². The second-order valence-electron chi connectivity index (χ2n) is 7.32. The van der Waals surface area contributed by atoms with Gasteiger partial charge in [-0.15, -0.1) is 11.3 Å². The summed E-state index contributed by atoms with van der Waals surface area (Å²) in [4.78, 5) is 11.3. The fraction of sp³-hybridized carbons (Fsp3) is 0.350. The van der Waals surface area contributed by atoms with Gasteiger partial charge in [0.15, 0.2) is 0 Å². The molecule has 29 heavy (non-hydrogen) atoms. The Bertz CT molecular complexity index is 1210. The van der Waals surface area contributed by atoms with Gasteiger partial charge in [0.2, 0.25) is 0 Å². The van der Waals surface area contributed by atoms with Crippen LogP contribution >= 0.6 is 22.9 Å². The van der Waals surface area contributed by atoms with E-state index in [0.29, 0.717) is 11.6 Å². The molecule has 0 bridgehead atoms. The smallest absolute Gasteiger partial charge is 0.142 e. The van der Waals surface area contributed by atoms with Crippen molar-refractivity contribution in [2.24, 2.45) is 0 Å². The number of hydrogen-bond acceptors (Lipinski definition) is 7. The summed E-state index contributed by atoms with van der Waals surface area (Å²) < 4.78 is 11.3. The molecule has 0 saturated heterocycles. The number of ether oxygens (including phenoxy) is 2. The molecule has 1 aromatic carbocycles. The van der Waals surface area contributed by atoms with E-state index in [1.807, 2.05) is 12.1 Å². The number of nitrogens with one attached hydrogen (secondary N) is 2. The maximum Gasteiger partial charge on any atom is 0.142 e. The number of halogens is 1. The van der Waals surface area contributed by atoms with Crippen LogP contribution in [0.5, 0.6) is 0 Å². The number of methoxy groups -OCH3 is 2. The molecule has 7 nitrogen and oxygen atoms in total. The highest BCUT2D eigenvalue weighted by atomic mass is 35.5. The van der Waals surface area contributed by atoms with Gasteiger partial charge in [0.05, 0.1) is 40.0 Å². The van der Waals surface area contributed by atoms with Gasteiger partial charge in [0, 0.05) is 30.9 Å². The quantitative estimate of drug-likeness (QED) is 0.486. The highest BCUT2D eigenvalue weighted by molar-refractivity contribution is 7.19. The molecule has 0 aliphatic heterocycles. The Kier molecular flexibility index (Phi) is 4.66. The monoisotopic (exact) mass is 429 g/mol. The highest BCUT2D eigenvalue weighted by Gasteiger charge is 2.37. The van der Waals surface area contributed by atoms with E-state index in [0.717, 1.165) is 51.9 Å². The topological polar surface area (TPSA) is 84.9 Å². The second kappa shape index (κ2) is 7.21. The van der Waals surface area contributed by atoms with Crippen molar-refractivity contribution in [1.82, 2.24) is 20.2 Å². The molecule has 1 aliphatic carbocycles. The number of H-pyrrole nitrogens is 1. The van der Waals surface area contributed by atoms with Crippen LogP contribution in [0.2, 0.25) is 5.02 Å². The molecule has 5 rings (SSSR count). The predicted molar refractivity (Wildman–Crippen MR) is 115 cm³/mol. The van der Waals surface area contributed by atoms with E-state index in [2.05, 4.69) is 25.5 Å². The first-order chi connectivity index (χ1) is 14.1. The normalized spacial score (nSPS) is 19.0. The second-order valence-corrected chi connectivity index (χ2v) is 8.81. The molecule has 1 unspecified atom stereocenters. The van der Waals surface area contributed by atoms with E-state index in [1.54, 1.807) is 38.1 Å². The van der Waals surface area contributed by atoms with Crippen molar-refractivity contribution in [2.45, 2.75) is 24.9 Å². The van der Waals surface area contributed by atoms with Gasteiger partial charge in [0.1, 0.15) is 17.0 Å². The molecule has 0 fully saturated rings. The molecule has 3 heterocycles. The van der Waals surface area contributed by atoms with E-state index in [-0.39, 0.29) is 5.60 Å². The fourth-order valence-corrected chi connectivity index (χ4v) is 5.61. The number of aromatic amines is 1. The largest absolute Gasteiger partial charge is 0.382 e. The first kappa shape index (κ1) is 18.7. The third-order valence-electron chi connectivity index (χ3n) is 5.61. The zero-order valence-electron chi connectivity index (χ0n) is 16.1. The van der Waals surface area contributed by atoms with Crippen LogP contribution in [-0.2, 0) is 22.3 Å². The Hall–Kier alpha value is -2.26. The number of rotatable bonds is 5. The van der Waals surface area contributed by atoms with Gasteiger partial charge in [0.25, 0.3) is 0 Å². The van der Waals surface area contributed by atoms with E-state index in [4.69, 9.17) is 21.1 Å². The van der Waals surface area contributed by atoms with Crippen molar-refractivity contribution < 1.29 is 9.47 Å². The maximum absolute atomic E-state index is 6.49. The summed E-state index contributed by atoms with van der Waals surface area (Å²) in [5.41, 5.74) is 2.70. The standard InChI is InChI=1S/C20H20ClN5O2S/c1-27-9-20(28-2)4-3-12-16(7-20)29-19-17(12)18(22-10-23-19)25-15-5-11-8-24-26-14(11)6-13(15)21/h5-6,8,10H,3-4,7,9H2,1-2H3,(H,24,26)(H,22,23,25). The molecular weight excluding hydrogens is 410 g/mol. The summed E-state index contributed by atoms with van der Waals surface area (Å²) in [5, 5.41) is 13.1. The van der Waals surface area contributed by atoms with Gasteiger partial charge in [-0.25, -0.2) is 9.97 Å². The third-order valence-corrected chi connectivity index (χ3v) is 7.06. The van der Waals surface area contributed by atoms with Crippen LogP contribution in [0.15, 0.2) is 24.7 Å². The molecule has 0 radical (unpaired) electrons. The number of thiophene rings is 1. The van der Waals surface area contributed by atoms with Crippen LogP contribution in [0, 0.1) is 0 Å². The summed E-state index contributed by atoms with van der Waals surface area (Å²) in [6, 6.07) is 3.84. The molecule has 0 spiro atoms. The van der Waals surface area contributed by atoms with E-state index < -0.39 is 0 Å². The Labute approximate surface area is 176 Å². The lowest BCUT2D eigenvalue weighted by Gasteiger charge is -2.35. The number of hydrogen-bond donors (Lipinski definition) is 2. The van der Waals surface area contributed by atoms with Gasteiger partial charge in [-0.1, -0.05) is 11.6 Å². The Morgan fingerprint density at radius 1 is 1.31 bits per heavy atom. The zero-order chi connectivity index (χ0) is 20.0. The lowest BCUT2D eigenvalue weighted by atomic mass is 9.84. The molecule has 1 atom stereocenters. The van der Waals surface area contributed by atoms with E-state index in [1.165, 1.54) is 10.4 Å². The fourth-order valence-electron chi connectivity index (χ4n) is 4.08. The number of fused-ring (bicyclic) bond motifs is 4. The molecular formula is C20H20ClN5O2S. The number of benzene rings is 1. The van der Waals surface area contributed by atoms with E-state index in [9.17, 15) is 0 Å². The average molecular weight is 430 g/mol. The van der Waals surface area contributed by atoms with Crippen molar-refractivity contribution in [3.8, 4) is 0 Å². The van der Waals surface area contributed by atoms with Crippen molar-refractivity contribution in [3.05, 3.63) is 40.1 Å². The number of aryl methyl sites for hydroxylation is 1. The van der Waals surface area contributed by atoms with Crippen molar-refractivity contribution >= 4 is 55.6 Å². The molecule has 150 valence electrons. The van der Waals surface area contributed by atoms with Crippen LogP contribution < -0.4 is 5.32 Å². The Balaban J connectivity index is 1.56. The molecule has 4 aromatic rings. The molecule has 1 aliphatic rings. The van der Waals surface area contributed by atoms with Gasteiger partial charge in [-0.2, -0.15) is 5.10 Å². The minimum atomic E-state index is -0.278. The SMILES string of the molecule is COCC1(OC)CCc2c(sc3ncnc(Nc4cc5cn[nH]c5cc4Cl)c23)C1. The van der Waals surface area contributed by atoms with Crippen molar-refractivity contribution in [2.75, 3.05) is 26.1 Å². The highest BCUT2D eigenvalue weighted by Crippen LogP contribution is 2.43. The minimum absolute atomic E-state index is 0.278. The lowest BCUT2D eigenvalue weighted by molar-refractivity contribution is -0.0714. The third kappa shape index (κ3) is 3.16. The summed E-state index contributed by atoms with van der Waals surface area (Å²) >= 11 is 8.19. The van der Waals surface area contributed by atoms with Crippen LogP contribution in [0.3, 0.4) is 0 Å². The molecule has 0 amide bonds. The van der Waals surface area contributed by atoms with Crippen molar-refractivity contribution in [3.63, 3.8) is 0 Å². The van der Waals surface area contributed by atoms with Gasteiger partial charge in [-0.3, -0.25) is 5.10 Å². The lowest BCUT2D eigenvalue weighted by Crippen LogP contribution is -2.41. The number of anilines is 2. The summed E-state index contributed by atoms with van der Waals surface area (Å²) in [6.07, 6.45) is 5.97. The van der Waals surface area contributed by atoms with Crippen LogP contribution in [0.1, 0.15) is 16.9 Å². The number of aromatic nitrogens is 4. The Morgan fingerprint density at radius 2 is 2.21 bits per heavy atom. The van der Waals surface area contributed by atoms with Gasteiger partial charge in [-0.05, 0) is 30.5 Å². The number of nitrogens with zero attached hydrogens (tertiary/aromatic N) is 3. The summed E-state index contributed by atoms with van der Waals surface area (Å²) in [5.74, 6) is 0.772. The van der Waals surface area contributed by atoms with E-state index >= 15 is 0 Å². The Morgan fingerprint density at radius 3 is 3.03 bits per heavy atom. The van der Waals surface area contributed by atoms with Gasteiger partial charge >= 0.3 is 0 Å². The molecule has 9 heteroatoms. The maximum atomic E-state index is 6.49. The van der Waals surface area contributed by atoms with Crippen molar-refractivity contribution in [1.29, 1.82) is 0 Å². The van der Waals surface area contributed by atoms with Gasteiger partial charge < -0.3 is 14.8 Å². The summed E-state index contributed by atoms with van der Waals surface area (Å²) in [7, 11) is 3.48. The first-order valence-corrected chi connectivity index (χ1v) is 10.5. The average Bonchev–Trinajstić information content (AvgIpc) is 3.32. The predicted octanol–water partition coefficient (Wildman–Crippen LogP) is 4.48. The first-order valence-electron chi connectivity index (χ1n) is 9.31. The molecule has 0 saturated carbocycles. The van der Waals surface area contributed by atoms with Crippen LogP contribution in [0.25, 0.3) is 21.1 Å². The zero-order valence-corrected chi connectivity index (χ0v) is 17.7. The molecule has 3 aromatic heterocycles.